The average Bonchev–Trinajstić information content (AvgIpc) is 2.56. The normalized spacial score (nSPS) is 11.2. The molecule has 1 N–H and O–H groups in total. The molecule has 0 aliphatic rings. The third kappa shape index (κ3) is 4.64. The number of amides is 1. The lowest BCUT2D eigenvalue weighted by molar-refractivity contribution is -0.118. The van der Waals surface area contributed by atoms with E-state index >= 15 is 0 Å². The second kappa shape index (κ2) is 7.76. The van der Waals surface area contributed by atoms with Crippen LogP contribution in [0.15, 0.2) is 47.4 Å². The number of sulfonamides is 1. The van der Waals surface area contributed by atoms with Crippen LogP contribution in [0.2, 0.25) is 5.02 Å². The van der Waals surface area contributed by atoms with Crippen molar-refractivity contribution in [3.8, 4) is 0 Å². The fourth-order valence-electron chi connectivity index (χ4n) is 2.14. The van der Waals surface area contributed by atoms with Gasteiger partial charge in [-0.05, 0) is 29.8 Å². The van der Waals surface area contributed by atoms with Crippen molar-refractivity contribution in [2.45, 2.75) is 24.7 Å². The Hall–Kier alpha value is -2.25. The van der Waals surface area contributed by atoms with Crippen LogP contribution in [0.25, 0.3) is 0 Å². The number of carbonyl (C=O) groups excluding carboxylic acids is 2. The Kier molecular flexibility index (Phi) is 5.92. The molecule has 0 spiro atoms. The average molecular weight is 384 g/mol. The lowest BCUT2D eigenvalue weighted by Crippen LogP contribution is -2.32. The van der Waals surface area contributed by atoms with E-state index in [1.54, 1.807) is 6.92 Å². The number of Topliss-reactive ketones (excluding diaryl/α,β-unsaturated/α-hetero) is 1. The molecular weight excluding hydrogens is 369 g/mol. The molecule has 0 bridgehead atoms. The number of nitrogens with one attached hydrogen (secondary N) is 1. The van der Waals surface area contributed by atoms with Crippen molar-refractivity contribution in [1.82, 2.24) is 4.72 Å². The van der Waals surface area contributed by atoms with Crippen LogP contribution >= 0.6 is 11.6 Å². The van der Waals surface area contributed by atoms with Crippen molar-refractivity contribution in [3.05, 3.63) is 64.4 Å². The van der Waals surface area contributed by atoms with Crippen molar-refractivity contribution in [1.29, 1.82) is 0 Å². The predicted octanol–water partition coefficient (Wildman–Crippen LogP) is 3.12. The molecule has 0 unspecified atom stereocenters. The summed E-state index contributed by atoms with van der Waals surface area (Å²) in [5.74, 6) is -1.78. The summed E-state index contributed by atoms with van der Waals surface area (Å²) in [4.78, 5) is 23.3. The monoisotopic (exact) mass is 383 g/mol. The van der Waals surface area contributed by atoms with E-state index in [-0.39, 0.29) is 33.2 Å². The molecule has 2 aromatic rings. The van der Waals surface area contributed by atoms with Crippen LogP contribution in [0.1, 0.15) is 29.3 Å². The molecule has 0 aliphatic carbocycles. The van der Waals surface area contributed by atoms with Crippen molar-refractivity contribution < 1.29 is 22.4 Å². The number of carbonyl (C=O) groups is 2. The van der Waals surface area contributed by atoms with Crippen LogP contribution in [0.3, 0.4) is 0 Å². The van der Waals surface area contributed by atoms with Gasteiger partial charge in [0.1, 0.15) is 10.7 Å². The van der Waals surface area contributed by atoms with Crippen LogP contribution < -0.4 is 4.72 Å². The molecular formula is C17H15ClFNO4S. The van der Waals surface area contributed by atoms with Gasteiger partial charge in [-0.2, -0.15) is 0 Å². The zero-order chi connectivity index (χ0) is 18.6. The number of halogens is 2. The third-order valence-electron chi connectivity index (χ3n) is 3.42. The first-order valence-electron chi connectivity index (χ1n) is 7.36. The first-order chi connectivity index (χ1) is 11.7. The molecule has 132 valence electrons. The fraction of sp³-hybridized carbons (Fsp3) is 0.176. The maximum absolute atomic E-state index is 13.6. The van der Waals surface area contributed by atoms with Gasteiger partial charge in [0.15, 0.2) is 5.78 Å². The Balaban J connectivity index is 2.25. The van der Waals surface area contributed by atoms with Gasteiger partial charge in [0, 0.05) is 12.0 Å². The third-order valence-corrected chi connectivity index (χ3v) is 5.28. The van der Waals surface area contributed by atoms with Gasteiger partial charge in [-0.15, -0.1) is 0 Å². The van der Waals surface area contributed by atoms with Gasteiger partial charge < -0.3 is 0 Å². The van der Waals surface area contributed by atoms with E-state index in [1.165, 1.54) is 36.4 Å². The Morgan fingerprint density at radius 3 is 2.48 bits per heavy atom. The highest BCUT2D eigenvalue weighted by atomic mass is 35.5. The summed E-state index contributed by atoms with van der Waals surface area (Å²) in [5, 5.41) is -0.126. The molecule has 0 saturated carbocycles. The Morgan fingerprint density at radius 2 is 1.84 bits per heavy atom. The maximum atomic E-state index is 13.6. The van der Waals surface area contributed by atoms with Gasteiger partial charge in [0.25, 0.3) is 10.0 Å². The molecule has 0 aromatic heterocycles. The first-order valence-corrected chi connectivity index (χ1v) is 9.22. The Labute approximate surface area is 149 Å². The summed E-state index contributed by atoms with van der Waals surface area (Å²) in [6.07, 6.45) is -0.252. The van der Waals surface area contributed by atoms with E-state index in [4.69, 9.17) is 11.6 Å². The van der Waals surface area contributed by atoms with E-state index in [0.717, 1.165) is 6.07 Å². The first kappa shape index (κ1) is 19.1. The van der Waals surface area contributed by atoms with Crippen molar-refractivity contribution in [2.75, 3.05) is 0 Å². The predicted molar refractivity (Wildman–Crippen MR) is 91.5 cm³/mol. The van der Waals surface area contributed by atoms with Crippen LogP contribution in [-0.4, -0.2) is 20.1 Å². The smallest absolute Gasteiger partial charge is 0.265 e. The molecule has 0 heterocycles. The van der Waals surface area contributed by atoms with Crippen LogP contribution in [0.4, 0.5) is 4.39 Å². The second-order valence-corrected chi connectivity index (χ2v) is 7.28. The molecule has 0 saturated heterocycles. The van der Waals surface area contributed by atoms with Gasteiger partial charge in [-0.1, -0.05) is 36.7 Å². The van der Waals surface area contributed by atoms with Crippen LogP contribution in [-0.2, 0) is 21.2 Å². The molecule has 0 fully saturated rings. The van der Waals surface area contributed by atoms with Crippen molar-refractivity contribution in [2.24, 2.45) is 0 Å². The molecule has 1 amide bonds. The van der Waals surface area contributed by atoms with E-state index in [0.29, 0.717) is 0 Å². The number of rotatable bonds is 6. The molecule has 0 atom stereocenters. The molecule has 5 nitrogen and oxygen atoms in total. The van der Waals surface area contributed by atoms with E-state index in [9.17, 15) is 22.4 Å². The molecule has 2 aromatic carbocycles. The number of ketones is 1. The summed E-state index contributed by atoms with van der Waals surface area (Å²) in [6.45, 7) is 1.64. The fourth-order valence-corrected chi connectivity index (χ4v) is 3.65. The molecule has 0 radical (unpaired) electrons. The second-order valence-electron chi connectivity index (χ2n) is 5.22. The minimum atomic E-state index is -4.29. The maximum Gasteiger partial charge on any atom is 0.265 e. The van der Waals surface area contributed by atoms with Gasteiger partial charge in [-0.3, -0.25) is 9.59 Å². The zero-order valence-corrected chi connectivity index (χ0v) is 14.8. The lowest BCUT2D eigenvalue weighted by Gasteiger charge is -2.10. The van der Waals surface area contributed by atoms with E-state index in [2.05, 4.69) is 0 Å². The number of benzene rings is 2. The van der Waals surface area contributed by atoms with Crippen molar-refractivity contribution >= 4 is 33.3 Å². The number of hydrogen-bond donors (Lipinski definition) is 1. The summed E-state index contributed by atoms with van der Waals surface area (Å²) >= 11 is 5.90. The lowest BCUT2D eigenvalue weighted by atomic mass is 10.1. The van der Waals surface area contributed by atoms with Gasteiger partial charge in [0.2, 0.25) is 5.91 Å². The highest BCUT2D eigenvalue weighted by molar-refractivity contribution is 7.90. The molecule has 8 heteroatoms. The highest BCUT2D eigenvalue weighted by Crippen LogP contribution is 2.23. The standard InChI is InChI=1S/C17H15ClFNO4S/c1-2-15(21)12-7-8-13(18)16(9-12)25(23,24)20-17(22)10-11-5-3-4-6-14(11)19/h3-9H,2,10H2,1H3,(H,20,22). The quantitative estimate of drug-likeness (QED) is 0.777. The molecule has 2 rings (SSSR count). The SMILES string of the molecule is CCC(=O)c1ccc(Cl)c(S(=O)(=O)NC(=O)Cc2ccccc2F)c1. The summed E-state index contributed by atoms with van der Waals surface area (Å²) in [6, 6.07) is 9.37. The number of hydrogen-bond acceptors (Lipinski definition) is 4. The molecule has 25 heavy (non-hydrogen) atoms. The van der Waals surface area contributed by atoms with Gasteiger partial charge in [0.05, 0.1) is 11.4 Å². The van der Waals surface area contributed by atoms with E-state index < -0.39 is 28.2 Å². The largest absolute Gasteiger partial charge is 0.294 e. The topological polar surface area (TPSA) is 80.3 Å². The van der Waals surface area contributed by atoms with Gasteiger partial charge >= 0.3 is 0 Å². The molecule has 0 aliphatic heterocycles. The van der Waals surface area contributed by atoms with Crippen LogP contribution in [0.5, 0.6) is 0 Å². The highest BCUT2D eigenvalue weighted by Gasteiger charge is 2.22. The minimum Gasteiger partial charge on any atom is -0.294 e. The Bertz CT molecular complexity index is 928. The zero-order valence-electron chi connectivity index (χ0n) is 13.3. The summed E-state index contributed by atoms with van der Waals surface area (Å²) in [7, 11) is -4.29. The van der Waals surface area contributed by atoms with E-state index in [1.807, 2.05) is 4.72 Å². The van der Waals surface area contributed by atoms with Crippen molar-refractivity contribution in [3.63, 3.8) is 0 Å². The van der Waals surface area contributed by atoms with Crippen LogP contribution in [0, 0.1) is 5.82 Å². The summed E-state index contributed by atoms with van der Waals surface area (Å²) in [5.41, 5.74) is 0.241. The minimum absolute atomic E-state index is 0.0659. The Morgan fingerprint density at radius 1 is 1.16 bits per heavy atom. The van der Waals surface area contributed by atoms with Gasteiger partial charge in [-0.25, -0.2) is 17.5 Å². The summed E-state index contributed by atoms with van der Waals surface area (Å²) < 4.78 is 40.2.